The minimum atomic E-state index is -0.789. The Morgan fingerprint density at radius 3 is 2.50 bits per heavy atom. The van der Waals surface area contributed by atoms with E-state index in [9.17, 15) is 14.4 Å². The lowest BCUT2D eigenvalue weighted by atomic mass is 9.99. The average molecular weight is 465 g/mol. The maximum Gasteiger partial charge on any atom is 0.410 e. The number of benzene rings is 1. The molecule has 3 heterocycles. The van der Waals surface area contributed by atoms with E-state index < -0.39 is 29.6 Å². The highest BCUT2D eigenvalue weighted by Gasteiger charge is 2.40. The van der Waals surface area contributed by atoms with Gasteiger partial charge in [0, 0.05) is 30.7 Å². The molecule has 3 aromatic rings. The Balaban J connectivity index is 1.58. The normalized spacial score (nSPS) is 18.6. The molecule has 0 unspecified atom stereocenters. The van der Waals surface area contributed by atoms with Gasteiger partial charge in [0.1, 0.15) is 5.60 Å². The fourth-order valence-corrected chi connectivity index (χ4v) is 4.00. The zero-order chi connectivity index (χ0) is 24.5. The summed E-state index contributed by atoms with van der Waals surface area (Å²) in [6.07, 6.45) is 4.21. The van der Waals surface area contributed by atoms with Gasteiger partial charge in [-0.25, -0.2) is 4.79 Å². The lowest BCUT2D eigenvalue weighted by Crippen LogP contribution is -2.59. The van der Waals surface area contributed by atoms with Crippen molar-refractivity contribution in [2.45, 2.75) is 45.4 Å². The highest BCUT2D eigenvalue weighted by atomic mass is 16.6. The number of anilines is 1. The number of ether oxygens (including phenoxy) is 1. The van der Waals surface area contributed by atoms with Crippen LogP contribution in [0.2, 0.25) is 0 Å². The number of rotatable bonds is 2. The van der Waals surface area contributed by atoms with E-state index in [1.807, 2.05) is 58.0 Å². The molecule has 0 aliphatic carbocycles. The number of carbonyl (C=O) groups is 3. The molecule has 2 N–H and O–H groups in total. The third-order valence-corrected chi connectivity index (χ3v) is 5.61. The average Bonchev–Trinajstić information content (AvgIpc) is 3.27. The molecule has 10 heteroatoms. The SMILES string of the molecule is C[C@@H]1CN(C(=O)C(=O)Nc2cncc3cn[nH]c23)[C@@H](c2ccccc2)CN1C(=O)OC(C)(C)C. The van der Waals surface area contributed by atoms with Crippen LogP contribution >= 0.6 is 0 Å². The van der Waals surface area contributed by atoms with Gasteiger partial charge in [-0.1, -0.05) is 30.3 Å². The molecular weight excluding hydrogens is 436 g/mol. The van der Waals surface area contributed by atoms with Crippen molar-refractivity contribution in [1.29, 1.82) is 0 Å². The fraction of sp³-hybridized carbons (Fsp3) is 0.375. The summed E-state index contributed by atoms with van der Waals surface area (Å²) in [4.78, 5) is 46.4. The number of nitrogens with zero attached hydrogens (tertiary/aromatic N) is 4. The molecule has 1 aliphatic rings. The molecule has 0 spiro atoms. The summed E-state index contributed by atoms with van der Waals surface area (Å²) in [7, 11) is 0. The minimum absolute atomic E-state index is 0.178. The Labute approximate surface area is 197 Å². The predicted molar refractivity (Wildman–Crippen MR) is 126 cm³/mol. The summed E-state index contributed by atoms with van der Waals surface area (Å²) >= 11 is 0. The third kappa shape index (κ3) is 4.85. The molecule has 1 saturated heterocycles. The van der Waals surface area contributed by atoms with E-state index >= 15 is 0 Å². The van der Waals surface area contributed by atoms with Gasteiger partial charge in [0.15, 0.2) is 0 Å². The van der Waals surface area contributed by atoms with Crippen molar-refractivity contribution in [3.8, 4) is 0 Å². The van der Waals surface area contributed by atoms with Crippen molar-refractivity contribution in [1.82, 2.24) is 25.0 Å². The second-order valence-corrected chi connectivity index (χ2v) is 9.34. The van der Waals surface area contributed by atoms with Crippen LogP contribution in [0.5, 0.6) is 0 Å². The van der Waals surface area contributed by atoms with E-state index in [-0.39, 0.29) is 19.1 Å². The van der Waals surface area contributed by atoms with Crippen LogP contribution in [0.4, 0.5) is 10.5 Å². The number of aromatic amines is 1. The van der Waals surface area contributed by atoms with Gasteiger partial charge in [-0.2, -0.15) is 5.10 Å². The third-order valence-electron chi connectivity index (χ3n) is 5.61. The monoisotopic (exact) mass is 464 g/mol. The summed E-state index contributed by atoms with van der Waals surface area (Å²) in [5.74, 6) is -1.48. The summed E-state index contributed by atoms with van der Waals surface area (Å²) < 4.78 is 5.58. The number of hydrogen-bond donors (Lipinski definition) is 2. The molecule has 4 rings (SSSR count). The fourth-order valence-electron chi connectivity index (χ4n) is 4.00. The van der Waals surface area contributed by atoms with Crippen LogP contribution in [0.25, 0.3) is 10.9 Å². The van der Waals surface area contributed by atoms with Crippen LogP contribution in [-0.4, -0.2) is 67.6 Å². The second-order valence-electron chi connectivity index (χ2n) is 9.34. The van der Waals surface area contributed by atoms with Crippen LogP contribution in [-0.2, 0) is 14.3 Å². The van der Waals surface area contributed by atoms with E-state index in [1.165, 1.54) is 11.1 Å². The number of piperazine rings is 1. The smallest absolute Gasteiger partial charge is 0.410 e. The molecular formula is C24H28N6O4. The maximum absolute atomic E-state index is 13.3. The van der Waals surface area contributed by atoms with Gasteiger partial charge in [-0.05, 0) is 33.3 Å². The number of nitrogens with one attached hydrogen (secondary N) is 2. The van der Waals surface area contributed by atoms with Gasteiger partial charge in [0.2, 0.25) is 0 Å². The van der Waals surface area contributed by atoms with Gasteiger partial charge >= 0.3 is 17.9 Å². The molecule has 0 bridgehead atoms. The number of fused-ring (bicyclic) bond motifs is 1. The number of hydrogen-bond acceptors (Lipinski definition) is 6. The number of aromatic nitrogens is 3. The first kappa shape index (κ1) is 23.2. The molecule has 1 fully saturated rings. The summed E-state index contributed by atoms with van der Waals surface area (Å²) in [5, 5.41) is 10.1. The molecule has 2 atom stereocenters. The second kappa shape index (κ2) is 9.12. The van der Waals surface area contributed by atoms with Gasteiger partial charge in [0.25, 0.3) is 0 Å². The predicted octanol–water partition coefficient (Wildman–Crippen LogP) is 3.11. The Kier molecular flexibility index (Phi) is 6.23. The molecule has 34 heavy (non-hydrogen) atoms. The van der Waals surface area contributed by atoms with Gasteiger partial charge in [0.05, 0.1) is 29.6 Å². The minimum Gasteiger partial charge on any atom is -0.444 e. The summed E-state index contributed by atoms with van der Waals surface area (Å²) in [6.45, 7) is 7.64. The van der Waals surface area contributed by atoms with Crippen LogP contribution in [0.1, 0.15) is 39.3 Å². The largest absolute Gasteiger partial charge is 0.444 e. The Morgan fingerprint density at radius 2 is 1.79 bits per heavy atom. The Bertz CT molecular complexity index is 1200. The molecule has 1 aliphatic heterocycles. The molecule has 178 valence electrons. The van der Waals surface area contributed by atoms with Gasteiger partial charge in [-0.3, -0.25) is 19.7 Å². The zero-order valence-corrected chi connectivity index (χ0v) is 19.6. The van der Waals surface area contributed by atoms with Gasteiger partial charge < -0.3 is 19.9 Å². The molecule has 2 aromatic heterocycles. The van der Waals surface area contributed by atoms with E-state index in [1.54, 1.807) is 17.3 Å². The van der Waals surface area contributed by atoms with E-state index in [4.69, 9.17) is 4.74 Å². The van der Waals surface area contributed by atoms with Crippen LogP contribution in [0.15, 0.2) is 48.9 Å². The lowest BCUT2D eigenvalue weighted by Gasteiger charge is -2.45. The number of H-pyrrole nitrogens is 1. The highest BCUT2D eigenvalue weighted by molar-refractivity contribution is 6.40. The van der Waals surface area contributed by atoms with Crippen molar-refractivity contribution < 1.29 is 19.1 Å². The van der Waals surface area contributed by atoms with E-state index in [0.29, 0.717) is 16.6 Å². The van der Waals surface area contributed by atoms with Crippen molar-refractivity contribution >= 4 is 34.5 Å². The maximum atomic E-state index is 13.3. The first-order chi connectivity index (χ1) is 16.1. The Hall–Kier alpha value is -3.95. The van der Waals surface area contributed by atoms with Crippen molar-refractivity contribution in [3.05, 3.63) is 54.5 Å². The first-order valence-electron chi connectivity index (χ1n) is 11.1. The highest BCUT2D eigenvalue weighted by Crippen LogP contribution is 2.30. The van der Waals surface area contributed by atoms with Gasteiger partial charge in [-0.15, -0.1) is 0 Å². The standard InChI is InChI=1S/C24H28N6O4/c1-15-13-30(22(32)21(31)27-18-12-25-10-17-11-26-28-20(17)18)19(16-8-6-5-7-9-16)14-29(15)23(33)34-24(2,3)4/h5-12,15,19H,13-14H2,1-4H3,(H,26,28)(H,27,31)/t15-,19-/m1/s1. The lowest BCUT2D eigenvalue weighted by molar-refractivity contribution is -0.147. The number of carbonyl (C=O) groups excluding carboxylic acids is 3. The molecule has 10 nitrogen and oxygen atoms in total. The van der Waals surface area contributed by atoms with Crippen molar-refractivity contribution in [2.75, 3.05) is 18.4 Å². The molecule has 3 amide bonds. The van der Waals surface area contributed by atoms with E-state index in [2.05, 4.69) is 20.5 Å². The number of pyridine rings is 1. The summed E-state index contributed by atoms with van der Waals surface area (Å²) in [6, 6.07) is 8.49. The van der Waals surface area contributed by atoms with Crippen LogP contribution in [0, 0.1) is 0 Å². The quantitative estimate of drug-likeness (QED) is 0.562. The van der Waals surface area contributed by atoms with E-state index in [0.717, 1.165) is 5.56 Å². The summed E-state index contributed by atoms with van der Waals surface area (Å²) in [5.41, 5.74) is 1.12. The molecule has 1 aromatic carbocycles. The molecule has 0 saturated carbocycles. The van der Waals surface area contributed by atoms with Crippen LogP contribution in [0.3, 0.4) is 0 Å². The van der Waals surface area contributed by atoms with Crippen molar-refractivity contribution in [3.63, 3.8) is 0 Å². The topological polar surface area (TPSA) is 121 Å². The zero-order valence-electron chi connectivity index (χ0n) is 19.6. The van der Waals surface area contributed by atoms with Crippen LogP contribution < -0.4 is 5.32 Å². The molecule has 0 radical (unpaired) electrons. The Morgan fingerprint density at radius 1 is 1.06 bits per heavy atom. The van der Waals surface area contributed by atoms with Crippen molar-refractivity contribution in [2.24, 2.45) is 0 Å². The number of amides is 3. The first-order valence-corrected chi connectivity index (χ1v) is 11.1.